The van der Waals surface area contributed by atoms with Gasteiger partial charge in [-0.2, -0.15) is 0 Å². The highest BCUT2D eigenvalue weighted by molar-refractivity contribution is 6.19. The zero-order chi connectivity index (χ0) is 45.4. The highest BCUT2D eigenvalue weighted by Gasteiger charge is 2.23. The molecule has 0 aliphatic carbocycles. The third kappa shape index (κ3) is 6.30. The van der Waals surface area contributed by atoms with Gasteiger partial charge < -0.3 is 13.4 Å². The number of benzene rings is 10. The van der Waals surface area contributed by atoms with Crippen LogP contribution in [0.2, 0.25) is 0 Å². The summed E-state index contributed by atoms with van der Waals surface area (Å²) in [6.45, 7) is 0. The van der Waals surface area contributed by atoms with Crippen molar-refractivity contribution in [3.05, 3.63) is 231 Å². The molecule has 0 N–H and O–H groups in total. The Labute approximate surface area is 396 Å². The summed E-state index contributed by atoms with van der Waals surface area (Å²) < 4.78 is 16.4. The van der Waals surface area contributed by atoms with Crippen LogP contribution < -0.4 is 0 Å². The van der Waals surface area contributed by atoms with Gasteiger partial charge >= 0.3 is 0 Å². The van der Waals surface area contributed by atoms with Gasteiger partial charge in [0.1, 0.15) is 16.7 Å². The molecule has 0 amide bonds. The summed E-state index contributed by atoms with van der Waals surface area (Å²) >= 11 is 0. The van der Waals surface area contributed by atoms with E-state index in [2.05, 4.69) is 174 Å². The smallest absolute Gasteiger partial charge is 0.164 e. The summed E-state index contributed by atoms with van der Waals surface area (Å²) in [4.78, 5) is 15.0. The van der Waals surface area contributed by atoms with Crippen molar-refractivity contribution in [2.24, 2.45) is 0 Å². The molecule has 14 aromatic rings. The summed E-state index contributed by atoms with van der Waals surface area (Å²) in [5.74, 6) is 1.86. The summed E-state index contributed by atoms with van der Waals surface area (Å²) in [6, 6.07) is 80.2. The predicted molar refractivity (Wildman–Crippen MR) is 281 cm³/mol. The number of hydrogen-bond donors (Lipinski definition) is 0. The molecule has 14 rings (SSSR count). The van der Waals surface area contributed by atoms with Gasteiger partial charge in [-0.1, -0.05) is 194 Å². The van der Waals surface area contributed by atoms with Gasteiger partial charge in [-0.25, -0.2) is 15.0 Å². The van der Waals surface area contributed by atoms with Gasteiger partial charge in [0.05, 0.1) is 16.7 Å². The lowest BCUT2D eigenvalue weighted by Crippen LogP contribution is -2.00. The Morgan fingerprint density at radius 3 is 1.52 bits per heavy atom. The second kappa shape index (κ2) is 15.6. The number of rotatable bonds is 7. The van der Waals surface area contributed by atoms with E-state index in [4.69, 9.17) is 23.8 Å². The molecule has 6 nitrogen and oxygen atoms in total. The summed E-state index contributed by atoms with van der Waals surface area (Å²) in [5, 5.41) is 6.56. The number of aromatic nitrogens is 4. The van der Waals surface area contributed by atoms with Crippen molar-refractivity contribution in [3.63, 3.8) is 0 Å². The highest BCUT2D eigenvalue weighted by Crippen LogP contribution is 2.45. The molecule has 0 bridgehead atoms. The Morgan fingerprint density at radius 1 is 0.290 bits per heavy atom. The van der Waals surface area contributed by atoms with Crippen LogP contribution in [0.25, 0.3) is 139 Å². The molecular weight excluding hydrogens is 845 g/mol. The minimum Gasteiger partial charge on any atom is -0.455 e. The van der Waals surface area contributed by atoms with E-state index in [1.807, 2.05) is 60.7 Å². The molecule has 322 valence electrons. The Balaban J connectivity index is 0.905. The van der Waals surface area contributed by atoms with Gasteiger partial charge in [-0.3, -0.25) is 0 Å². The lowest BCUT2D eigenvalue weighted by molar-refractivity contribution is 0.663. The van der Waals surface area contributed by atoms with Crippen LogP contribution in [0.4, 0.5) is 0 Å². The SMILES string of the molecule is c1ccc(-c2ccc3c(c2)c2ccccc2n3-c2cccc3c2oc2c(-c4cccc5c4oc4cccc(-c6cccc(-c7nc(-c8ccccc8)nc(-c8ccccc8)n7)c6)c45)cccc23)cc1. The van der Waals surface area contributed by atoms with E-state index in [0.717, 1.165) is 99.5 Å². The molecule has 69 heavy (non-hydrogen) atoms. The normalized spacial score (nSPS) is 11.8. The minimum absolute atomic E-state index is 0.605. The Hall–Kier alpha value is -9.39. The fourth-order valence-electron chi connectivity index (χ4n) is 10.3. The highest BCUT2D eigenvalue weighted by atomic mass is 16.3. The van der Waals surface area contributed by atoms with Crippen LogP contribution in [0.5, 0.6) is 0 Å². The monoisotopic (exact) mass is 882 g/mol. The molecule has 4 aromatic heterocycles. The summed E-state index contributed by atoms with van der Waals surface area (Å²) in [6.07, 6.45) is 0. The van der Waals surface area contributed by atoms with Gasteiger partial charge in [0.25, 0.3) is 0 Å². The lowest BCUT2D eigenvalue weighted by Gasteiger charge is -2.10. The number of hydrogen-bond acceptors (Lipinski definition) is 5. The Bertz CT molecular complexity index is 4250. The van der Waals surface area contributed by atoms with Crippen molar-refractivity contribution in [3.8, 4) is 73.2 Å². The fourth-order valence-corrected chi connectivity index (χ4v) is 10.3. The van der Waals surface area contributed by atoms with Crippen LogP contribution in [0.1, 0.15) is 0 Å². The van der Waals surface area contributed by atoms with E-state index in [-0.39, 0.29) is 0 Å². The molecule has 10 aromatic carbocycles. The zero-order valence-electron chi connectivity index (χ0n) is 37.0. The number of para-hydroxylation sites is 4. The summed E-state index contributed by atoms with van der Waals surface area (Å²) in [5.41, 5.74) is 15.7. The summed E-state index contributed by atoms with van der Waals surface area (Å²) in [7, 11) is 0. The first-order valence-electron chi connectivity index (χ1n) is 23.2. The van der Waals surface area contributed by atoms with Crippen LogP contribution in [0.3, 0.4) is 0 Å². The molecule has 0 aliphatic rings. The molecule has 0 saturated heterocycles. The van der Waals surface area contributed by atoms with E-state index >= 15 is 0 Å². The number of furan rings is 2. The average molecular weight is 883 g/mol. The van der Waals surface area contributed by atoms with Crippen molar-refractivity contribution in [1.82, 2.24) is 19.5 Å². The topological polar surface area (TPSA) is 69.9 Å². The maximum absolute atomic E-state index is 7.15. The first-order chi connectivity index (χ1) is 34.2. The first-order valence-corrected chi connectivity index (χ1v) is 23.2. The third-order valence-corrected chi connectivity index (χ3v) is 13.5. The molecule has 0 fully saturated rings. The molecule has 0 aliphatic heterocycles. The Kier molecular flexibility index (Phi) is 8.79. The van der Waals surface area contributed by atoms with Gasteiger partial charge in [-0.05, 0) is 58.7 Å². The van der Waals surface area contributed by atoms with Crippen LogP contribution in [-0.4, -0.2) is 19.5 Å². The van der Waals surface area contributed by atoms with E-state index in [1.54, 1.807) is 0 Å². The maximum Gasteiger partial charge on any atom is 0.164 e. The largest absolute Gasteiger partial charge is 0.455 e. The van der Waals surface area contributed by atoms with E-state index in [1.165, 1.54) is 21.9 Å². The molecule has 0 saturated carbocycles. The van der Waals surface area contributed by atoms with Crippen LogP contribution in [0.15, 0.2) is 239 Å². The van der Waals surface area contributed by atoms with E-state index < -0.39 is 0 Å². The third-order valence-electron chi connectivity index (χ3n) is 13.5. The molecule has 0 spiro atoms. The lowest BCUT2D eigenvalue weighted by atomic mass is 9.96. The van der Waals surface area contributed by atoms with Gasteiger partial charge in [0, 0.05) is 60.1 Å². The van der Waals surface area contributed by atoms with Crippen molar-refractivity contribution < 1.29 is 8.83 Å². The van der Waals surface area contributed by atoms with Crippen molar-refractivity contribution in [2.45, 2.75) is 0 Å². The second-order valence-corrected chi connectivity index (χ2v) is 17.5. The van der Waals surface area contributed by atoms with Gasteiger partial charge in [-0.15, -0.1) is 0 Å². The van der Waals surface area contributed by atoms with E-state index in [0.29, 0.717) is 17.5 Å². The molecule has 0 atom stereocenters. The van der Waals surface area contributed by atoms with Crippen LogP contribution in [0, 0.1) is 0 Å². The average Bonchev–Trinajstić information content (AvgIpc) is 4.11. The predicted octanol–water partition coefficient (Wildman–Crippen LogP) is 16.8. The molecular formula is C63H38N4O2. The molecule has 0 unspecified atom stereocenters. The standard InChI is InChI=1S/C63H38N4O2/c1-4-17-39(18-5-1)42-35-36-54-52(38-42)46-25-10-11-32-53(46)67(54)55-33-15-30-50-49-28-13-27-47(58(49)69-60(50)55)48-29-14-31-51-57-45(26-16-34-56(57)68-59(48)51)43-23-12-24-44(37-43)63-65-61(40-19-6-2-7-20-40)64-62(66-63)41-21-8-3-9-22-41/h1-38H. The first kappa shape index (κ1) is 38.8. The maximum atomic E-state index is 7.15. The number of nitrogens with zero attached hydrogens (tertiary/aromatic N) is 4. The quantitative estimate of drug-likeness (QED) is 0.159. The van der Waals surface area contributed by atoms with Crippen molar-refractivity contribution in [2.75, 3.05) is 0 Å². The molecule has 0 radical (unpaired) electrons. The number of fused-ring (bicyclic) bond motifs is 9. The van der Waals surface area contributed by atoms with E-state index in [9.17, 15) is 0 Å². The van der Waals surface area contributed by atoms with Gasteiger partial charge in [0.15, 0.2) is 23.1 Å². The zero-order valence-corrected chi connectivity index (χ0v) is 37.0. The fraction of sp³-hybridized carbons (Fsp3) is 0. The van der Waals surface area contributed by atoms with Crippen molar-refractivity contribution in [1.29, 1.82) is 0 Å². The molecule has 4 heterocycles. The van der Waals surface area contributed by atoms with Crippen molar-refractivity contribution >= 4 is 65.7 Å². The Morgan fingerprint density at radius 2 is 0.797 bits per heavy atom. The van der Waals surface area contributed by atoms with Crippen LogP contribution in [-0.2, 0) is 0 Å². The second-order valence-electron chi connectivity index (χ2n) is 17.5. The van der Waals surface area contributed by atoms with Crippen LogP contribution >= 0.6 is 0 Å². The minimum atomic E-state index is 0.605. The molecule has 6 heteroatoms. The van der Waals surface area contributed by atoms with Gasteiger partial charge in [0.2, 0.25) is 0 Å².